The number of hydrogen-bond acceptors (Lipinski definition) is 4. The van der Waals surface area contributed by atoms with Crippen molar-refractivity contribution in [3.63, 3.8) is 0 Å². The molecule has 0 spiro atoms. The lowest BCUT2D eigenvalue weighted by molar-refractivity contribution is -0.122. The van der Waals surface area contributed by atoms with Gasteiger partial charge < -0.3 is 10.1 Å². The zero-order valence-electron chi connectivity index (χ0n) is 14.9. The number of benzene rings is 2. The number of hydrogen-bond donors (Lipinski definition) is 1. The van der Waals surface area contributed by atoms with Crippen molar-refractivity contribution >= 4 is 16.8 Å². The van der Waals surface area contributed by atoms with Crippen molar-refractivity contribution in [2.75, 3.05) is 6.54 Å². The number of aromatic nitrogens is 2. The Morgan fingerprint density at radius 3 is 2.81 bits per heavy atom. The fraction of sp³-hybridized carbons (Fsp3) is 0.286. The molecule has 0 saturated carbocycles. The maximum Gasteiger partial charge on any atom is 0.261 e. The minimum atomic E-state index is -0.124. The van der Waals surface area contributed by atoms with Crippen molar-refractivity contribution < 1.29 is 9.53 Å². The van der Waals surface area contributed by atoms with Crippen LogP contribution in [0.2, 0.25) is 0 Å². The van der Waals surface area contributed by atoms with Crippen LogP contribution in [0.3, 0.4) is 0 Å². The predicted molar refractivity (Wildman–Crippen MR) is 102 cm³/mol. The highest BCUT2D eigenvalue weighted by Gasteiger charge is 2.19. The van der Waals surface area contributed by atoms with Crippen LogP contribution >= 0.6 is 0 Å². The molecule has 0 aliphatic carbocycles. The predicted octanol–water partition coefficient (Wildman–Crippen LogP) is 2.04. The van der Waals surface area contributed by atoms with Crippen molar-refractivity contribution in [2.45, 2.75) is 32.1 Å². The number of fused-ring (bicyclic) bond motifs is 2. The average Bonchev–Trinajstić information content (AvgIpc) is 2.72. The quantitative estimate of drug-likeness (QED) is 0.753. The van der Waals surface area contributed by atoms with Crippen LogP contribution in [-0.2, 0) is 29.1 Å². The van der Waals surface area contributed by atoms with Crippen LogP contribution in [0.4, 0.5) is 0 Å². The van der Waals surface area contributed by atoms with Crippen LogP contribution < -0.4 is 10.9 Å². The number of nitrogens with one attached hydrogen (secondary N) is 1. The van der Waals surface area contributed by atoms with E-state index in [0.717, 1.165) is 6.42 Å². The number of rotatable bonds is 5. The fourth-order valence-electron chi connectivity index (χ4n) is 3.34. The molecule has 1 N–H and O–H groups in total. The molecule has 27 heavy (non-hydrogen) atoms. The van der Waals surface area contributed by atoms with Crippen LogP contribution in [-0.4, -0.2) is 28.1 Å². The molecular formula is C21H21N3O3. The second kappa shape index (κ2) is 7.72. The summed E-state index contributed by atoms with van der Waals surface area (Å²) < 4.78 is 7.29. The zero-order valence-corrected chi connectivity index (χ0v) is 14.9. The van der Waals surface area contributed by atoms with Crippen LogP contribution in [0.5, 0.6) is 0 Å². The minimum absolute atomic E-state index is 0.0195. The number of nitrogens with zero attached hydrogens (tertiary/aromatic N) is 2. The molecule has 2 heterocycles. The number of aryl methyl sites for hydroxylation is 1. The van der Waals surface area contributed by atoms with Crippen LogP contribution in [0, 0.1) is 0 Å². The maximum atomic E-state index is 12.4. The van der Waals surface area contributed by atoms with Crippen molar-refractivity contribution in [2.24, 2.45) is 0 Å². The highest BCUT2D eigenvalue weighted by atomic mass is 16.5. The largest absolute Gasteiger partial charge is 0.371 e. The first-order valence-corrected chi connectivity index (χ1v) is 9.10. The summed E-state index contributed by atoms with van der Waals surface area (Å²) in [6.07, 6.45) is 2.50. The van der Waals surface area contributed by atoms with E-state index in [4.69, 9.17) is 4.74 Å². The summed E-state index contributed by atoms with van der Waals surface area (Å²) in [5.41, 5.74) is 3.03. The maximum absolute atomic E-state index is 12.4. The van der Waals surface area contributed by atoms with Gasteiger partial charge in [-0.15, -0.1) is 0 Å². The van der Waals surface area contributed by atoms with Crippen molar-refractivity contribution in [1.82, 2.24) is 14.9 Å². The van der Waals surface area contributed by atoms with Gasteiger partial charge in [0.15, 0.2) is 0 Å². The lowest BCUT2D eigenvalue weighted by Gasteiger charge is -2.25. The molecule has 0 fully saturated rings. The molecule has 2 aromatic carbocycles. The average molecular weight is 363 g/mol. The first-order valence-electron chi connectivity index (χ1n) is 9.10. The summed E-state index contributed by atoms with van der Waals surface area (Å²) in [4.78, 5) is 28.9. The molecule has 1 aromatic heterocycles. The summed E-state index contributed by atoms with van der Waals surface area (Å²) >= 11 is 0. The van der Waals surface area contributed by atoms with E-state index in [0.29, 0.717) is 30.6 Å². The van der Waals surface area contributed by atoms with E-state index in [1.165, 1.54) is 22.0 Å². The van der Waals surface area contributed by atoms with E-state index in [1.807, 2.05) is 24.3 Å². The Morgan fingerprint density at radius 1 is 1.15 bits per heavy atom. The van der Waals surface area contributed by atoms with Crippen LogP contribution in [0.25, 0.3) is 10.9 Å². The standard InChI is InChI=1S/C21H21N3O3/c25-20(22-12-17-11-15-5-1-2-6-16(15)13-27-17)9-10-24-14-23-19-8-4-3-7-18(19)21(24)26/h1-8,14,17H,9-13H2,(H,22,25). The summed E-state index contributed by atoms with van der Waals surface area (Å²) in [5, 5.41) is 3.47. The van der Waals surface area contributed by atoms with E-state index in [1.54, 1.807) is 12.1 Å². The first-order chi connectivity index (χ1) is 13.2. The zero-order chi connectivity index (χ0) is 18.6. The van der Waals surface area contributed by atoms with Crippen molar-refractivity contribution in [1.29, 1.82) is 0 Å². The molecule has 3 aromatic rings. The Kier molecular flexibility index (Phi) is 4.98. The van der Waals surface area contributed by atoms with Gasteiger partial charge in [-0.05, 0) is 23.3 Å². The minimum Gasteiger partial charge on any atom is -0.371 e. The van der Waals surface area contributed by atoms with E-state index in [-0.39, 0.29) is 24.0 Å². The molecule has 4 rings (SSSR count). The Balaban J connectivity index is 1.31. The van der Waals surface area contributed by atoms with Crippen molar-refractivity contribution in [3.8, 4) is 0 Å². The van der Waals surface area contributed by atoms with Gasteiger partial charge in [-0.3, -0.25) is 14.2 Å². The Hall–Kier alpha value is -2.99. The Morgan fingerprint density at radius 2 is 1.93 bits per heavy atom. The Labute approximate surface area is 156 Å². The smallest absolute Gasteiger partial charge is 0.261 e. The van der Waals surface area contributed by atoms with E-state index < -0.39 is 0 Å². The molecule has 0 radical (unpaired) electrons. The van der Waals surface area contributed by atoms with Gasteiger partial charge in [0, 0.05) is 25.9 Å². The molecule has 1 aliphatic heterocycles. The molecule has 6 nitrogen and oxygen atoms in total. The van der Waals surface area contributed by atoms with Crippen LogP contribution in [0.15, 0.2) is 59.7 Å². The normalized spacial score (nSPS) is 16.1. The fourth-order valence-corrected chi connectivity index (χ4v) is 3.34. The number of para-hydroxylation sites is 1. The second-order valence-corrected chi connectivity index (χ2v) is 6.72. The van der Waals surface area contributed by atoms with Gasteiger partial charge in [-0.25, -0.2) is 4.98 Å². The topological polar surface area (TPSA) is 73.2 Å². The summed E-state index contributed by atoms with van der Waals surface area (Å²) in [7, 11) is 0. The van der Waals surface area contributed by atoms with Gasteiger partial charge >= 0.3 is 0 Å². The molecular weight excluding hydrogens is 342 g/mol. The van der Waals surface area contributed by atoms with Gasteiger partial charge in [-0.2, -0.15) is 0 Å². The first kappa shape index (κ1) is 17.4. The van der Waals surface area contributed by atoms with Gasteiger partial charge in [0.25, 0.3) is 5.56 Å². The summed E-state index contributed by atoms with van der Waals surface area (Å²) in [6, 6.07) is 15.4. The number of carbonyl (C=O) groups is 1. The Bertz CT molecular complexity index is 1030. The third-order valence-corrected chi connectivity index (χ3v) is 4.88. The third kappa shape index (κ3) is 3.90. The van der Waals surface area contributed by atoms with E-state index in [9.17, 15) is 9.59 Å². The van der Waals surface area contributed by atoms with Crippen molar-refractivity contribution in [3.05, 3.63) is 76.3 Å². The summed E-state index contributed by atoms with van der Waals surface area (Å²) in [6.45, 7) is 1.35. The molecule has 0 bridgehead atoms. The lowest BCUT2D eigenvalue weighted by atomic mass is 9.99. The summed E-state index contributed by atoms with van der Waals surface area (Å²) in [5.74, 6) is -0.0995. The molecule has 1 amide bonds. The lowest BCUT2D eigenvalue weighted by Crippen LogP contribution is -2.37. The van der Waals surface area contributed by atoms with Crippen LogP contribution in [0.1, 0.15) is 17.5 Å². The van der Waals surface area contributed by atoms with E-state index in [2.05, 4.69) is 22.4 Å². The monoisotopic (exact) mass is 363 g/mol. The molecule has 1 unspecified atom stereocenters. The molecule has 1 aliphatic rings. The number of amides is 1. The number of carbonyl (C=O) groups excluding carboxylic acids is 1. The number of ether oxygens (including phenoxy) is 1. The molecule has 1 atom stereocenters. The molecule has 0 saturated heterocycles. The van der Waals surface area contributed by atoms with Gasteiger partial charge in [0.05, 0.1) is 29.9 Å². The highest BCUT2D eigenvalue weighted by molar-refractivity contribution is 5.77. The van der Waals surface area contributed by atoms with E-state index >= 15 is 0 Å². The van der Waals surface area contributed by atoms with Gasteiger partial charge in [-0.1, -0.05) is 36.4 Å². The molecule has 138 valence electrons. The van der Waals surface area contributed by atoms with Gasteiger partial charge in [0.1, 0.15) is 0 Å². The van der Waals surface area contributed by atoms with Gasteiger partial charge in [0.2, 0.25) is 5.91 Å². The highest BCUT2D eigenvalue weighted by Crippen LogP contribution is 2.19. The third-order valence-electron chi connectivity index (χ3n) is 4.88. The molecule has 6 heteroatoms. The SMILES string of the molecule is O=C(CCn1cnc2ccccc2c1=O)NCC1Cc2ccccc2CO1. The second-order valence-electron chi connectivity index (χ2n) is 6.72.